The summed E-state index contributed by atoms with van der Waals surface area (Å²) in [6, 6.07) is 0. The first-order valence-corrected chi connectivity index (χ1v) is 10.1. The molecule has 0 saturated carbocycles. The SMILES string of the molecule is [Bi+3].[Bi+3].[O]=[Ti]([O-])[O-].[O]=[Ti]([O-])[O-].[O]=[Ti]([O-])[O-].[O]=[Ti]([O-])[O-].[Pb+2]. The van der Waals surface area contributed by atoms with E-state index < -0.39 is 74.5 Å². The maximum absolute atomic E-state index is 8.58. The quantitative estimate of drug-likeness (QED) is 0.205. The zero-order chi connectivity index (χ0) is 14.3. The molecule has 19 heteroatoms. The molecular weight excluding hydrogens is 1010 g/mol. The Bertz CT molecular complexity index is 168. The van der Waals surface area contributed by atoms with Crippen molar-refractivity contribution in [3.8, 4) is 0 Å². The van der Waals surface area contributed by atoms with E-state index in [1.807, 2.05) is 0 Å². The standard InChI is InChI=1S/2Bi.12O.Pb.4Ti/q2*+3;;;;;8*-1;+2;;;;. The van der Waals surface area contributed by atoms with Crippen LogP contribution >= 0.6 is 0 Å². The van der Waals surface area contributed by atoms with Gasteiger partial charge in [0.1, 0.15) is 0 Å². The molecule has 0 N–H and O–H groups in total. The van der Waals surface area contributed by atoms with Crippen LogP contribution in [0.3, 0.4) is 0 Å². The van der Waals surface area contributed by atoms with E-state index in [2.05, 4.69) is 0 Å². The Morgan fingerprint density at radius 2 is 0.421 bits per heavy atom. The van der Waals surface area contributed by atoms with E-state index in [0.717, 1.165) is 0 Å². The first kappa shape index (κ1) is 43.7. The minimum absolute atomic E-state index is 0. The minimum Gasteiger partial charge on any atom is 2.00 e. The number of rotatable bonds is 0. The summed E-state index contributed by atoms with van der Waals surface area (Å²) in [5, 5.41) is 0. The Balaban J connectivity index is -0.0000000192. The van der Waals surface area contributed by atoms with E-state index in [1.54, 1.807) is 0 Å². The zero-order valence-electron chi connectivity index (χ0n) is 8.29. The first-order valence-electron chi connectivity index (χ1n) is 2.45. The Morgan fingerprint density at radius 1 is 0.421 bits per heavy atom. The molecule has 0 amide bonds. The molecule has 0 aromatic heterocycles. The van der Waals surface area contributed by atoms with Crippen molar-refractivity contribution in [2.75, 3.05) is 0 Å². The van der Waals surface area contributed by atoms with Gasteiger partial charge in [-0.25, -0.2) is 0 Å². The van der Waals surface area contributed by atoms with E-state index in [9.17, 15) is 0 Å². The second kappa shape index (κ2) is 38.2. The van der Waals surface area contributed by atoms with Gasteiger partial charge in [0.25, 0.3) is 0 Å². The molecule has 12 nitrogen and oxygen atoms in total. The largest absolute Gasteiger partial charge is 2.00 e. The Hall–Kier alpha value is 4.43. The van der Waals surface area contributed by atoms with Crippen molar-refractivity contribution in [3.63, 3.8) is 0 Å². The average Bonchev–Trinajstić information content (AvgIpc) is 1.76. The average molecular weight is 1010 g/mol. The summed E-state index contributed by atoms with van der Waals surface area (Å²) in [6.45, 7) is 0. The van der Waals surface area contributed by atoms with Gasteiger partial charge in [0.05, 0.1) is 0 Å². The van der Waals surface area contributed by atoms with Crippen molar-refractivity contribution >= 4 is 79.7 Å². The molecule has 19 heavy (non-hydrogen) atoms. The molecular formula is Bi2O12PbTi4. The molecule has 0 aromatic rings. The van der Waals surface area contributed by atoms with E-state index in [4.69, 9.17) is 42.8 Å². The predicted molar refractivity (Wildman–Crippen MR) is 20.0 cm³/mol. The fraction of sp³-hybridized carbons (Fsp3) is 0. The van der Waals surface area contributed by atoms with Gasteiger partial charge in [0, 0.05) is 0 Å². The molecule has 0 unspecified atom stereocenters. The van der Waals surface area contributed by atoms with Gasteiger partial charge < -0.3 is 0 Å². The van der Waals surface area contributed by atoms with Crippen LogP contribution in [0.15, 0.2) is 0 Å². The van der Waals surface area contributed by atoms with Gasteiger partial charge in [-0.3, -0.25) is 0 Å². The summed E-state index contributed by atoms with van der Waals surface area (Å²) in [5.41, 5.74) is 0. The molecule has 102 valence electrons. The Kier molecular flexibility index (Phi) is 87.7. The molecule has 0 aliphatic carbocycles. The molecule has 6 radical (unpaired) electrons. The van der Waals surface area contributed by atoms with Crippen LogP contribution in [0.25, 0.3) is 0 Å². The molecule has 0 heterocycles. The fourth-order valence-electron chi connectivity index (χ4n) is 0. The van der Waals surface area contributed by atoms with Crippen molar-refractivity contribution in [2.45, 2.75) is 0 Å². The summed E-state index contributed by atoms with van der Waals surface area (Å²) >= 11 is -16.3. The molecule has 0 bridgehead atoms. The molecule has 0 saturated heterocycles. The summed E-state index contributed by atoms with van der Waals surface area (Å²) in [7, 11) is 0. The summed E-state index contributed by atoms with van der Waals surface area (Å²) in [4.78, 5) is 0. The van der Waals surface area contributed by atoms with Crippen molar-refractivity contribution < 1.29 is 117 Å². The maximum atomic E-state index is 8.58. The minimum atomic E-state index is -4.08. The van der Waals surface area contributed by atoms with Crippen LogP contribution in [-0.2, 0) is 87.8 Å². The first-order chi connectivity index (χ1) is 6.93. The summed E-state index contributed by atoms with van der Waals surface area (Å²) in [6.07, 6.45) is 0. The monoisotopic (exact) mass is 1010 g/mol. The van der Waals surface area contributed by atoms with Gasteiger partial charge in [-0.05, 0) is 0 Å². The molecule has 0 aliphatic rings. The normalized spacial score (nSPS) is 5.47. The topological polar surface area (TPSA) is 253 Å². The molecule has 0 aliphatic heterocycles. The molecule has 0 atom stereocenters. The van der Waals surface area contributed by atoms with Crippen LogP contribution in [0, 0.1) is 0 Å². The summed E-state index contributed by atoms with van der Waals surface area (Å²) < 4.78 is 103. The number of hydrogen-bond acceptors (Lipinski definition) is 12. The Labute approximate surface area is 193 Å². The summed E-state index contributed by atoms with van der Waals surface area (Å²) in [5.74, 6) is 0. The molecule has 0 aromatic carbocycles. The van der Waals surface area contributed by atoms with Crippen molar-refractivity contribution in [1.29, 1.82) is 0 Å². The number of hydrogen-bond donors (Lipinski definition) is 0. The third-order valence-corrected chi connectivity index (χ3v) is 0. The predicted octanol–water partition coefficient (Wildman–Crippen LogP) is -11.1. The van der Waals surface area contributed by atoms with Crippen LogP contribution in [-0.4, -0.2) is 79.7 Å². The van der Waals surface area contributed by atoms with Crippen molar-refractivity contribution in [3.05, 3.63) is 0 Å². The maximum Gasteiger partial charge on any atom is 2.00 e. The van der Waals surface area contributed by atoms with Gasteiger partial charge in [-0.2, -0.15) is 0 Å². The second-order valence-electron chi connectivity index (χ2n) is 1.00. The Morgan fingerprint density at radius 3 is 0.421 bits per heavy atom. The van der Waals surface area contributed by atoms with Gasteiger partial charge in [0.2, 0.25) is 0 Å². The van der Waals surface area contributed by atoms with Crippen molar-refractivity contribution in [2.24, 2.45) is 0 Å². The third kappa shape index (κ3) is 478. The van der Waals surface area contributed by atoms with E-state index in [0.29, 0.717) is 0 Å². The van der Waals surface area contributed by atoms with Crippen LogP contribution in [0.2, 0.25) is 0 Å². The van der Waals surface area contributed by atoms with Gasteiger partial charge in [0.15, 0.2) is 0 Å². The van der Waals surface area contributed by atoms with Crippen LogP contribution in [0.1, 0.15) is 0 Å². The van der Waals surface area contributed by atoms with Crippen LogP contribution < -0.4 is 29.5 Å². The molecule has 0 rings (SSSR count). The molecule has 0 fully saturated rings. The van der Waals surface area contributed by atoms with Gasteiger partial charge >= 0.3 is 197 Å². The van der Waals surface area contributed by atoms with Crippen LogP contribution in [0.4, 0.5) is 0 Å². The van der Waals surface area contributed by atoms with E-state index in [-0.39, 0.29) is 79.7 Å². The molecule has 0 spiro atoms. The smallest absolute Gasteiger partial charge is 2.00 e. The zero-order valence-corrected chi connectivity index (χ0v) is 25.4. The van der Waals surface area contributed by atoms with E-state index >= 15 is 0 Å². The van der Waals surface area contributed by atoms with E-state index in [1.165, 1.54) is 0 Å². The third-order valence-electron chi connectivity index (χ3n) is 0. The fourth-order valence-corrected chi connectivity index (χ4v) is 0. The van der Waals surface area contributed by atoms with Gasteiger partial charge in [-0.15, -0.1) is 0 Å². The van der Waals surface area contributed by atoms with Crippen molar-refractivity contribution in [1.82, 2.24) is 0 Å². The van der Waals surface area contributed by atoms with Crippen LogP contribution in [0.5, 0.6) is 0 Å². The second-order valence-corrected chi connectivity index (χ2v) is 4.12. The van der Waals surface area contributed by atoms with Gasteiger partial charge in [-0.1, -0.05) is 0 Å².